The molecular formula is C2H5BN. The highest BCUT2D eigenvalue weighted by Crippen LogP contribution is 1.37. The van der Waals surface area contributed by atoms with E-state index in [2.05, 4.69) is 0 Å². The highest BCUT2D eigenvalue weighted by molar-refractivity contribution is 6.43. The van der Waals surface area contributed by atoms with Crippen LogP contribution in [0.3, 0.4) is 0 Å². The summed E-state index contributed by atoms with van der Waals surface area (Å²) >= 11 is 0. The van der Waals surface area contributed by atoms with Crippen LogP contribution in [0.2, 0.25) is 6.82 Å². The number of nitriles is 1. The lowest BCUT2D eigenvalue weighted by Gasteiger charge is -1.40. The first-order valence-corrected chi connectivity index (χ1v) is 1.09. The molecule has 0 aliphatic heterocycles. The molecule has 21 valence electrons. The Hall–Kier alpha value is -0.445. The van der Waals surface area contributed by atoms with Gasteiger partial charge in [0.1, 0.15) is 0 Å². The molecular weight excluding hydrogens is 48.8 g/mol. The Balaban J connectivity index is 0. The molecule has 4 heavy (non-hydrogen) atoms. The predicted octanol–water partition coefficient (Wildman–Crippen LogP) is 0.466. The largest absolute Gasteiger partial charge is 0.251 e. The van der Waals surface area contributed by atoms with Gasteiger partial charge >= 0.3 is 0 Å². The molecule has 0 amide bonds. The molecule has 0 aliphatic rings. The van der Waals surface area contributed by atoms with Crippen molar-refractivity contribution in [3.63, 3.8) is 0 Å². The predicted molar refractivity (Wildman–Crippen MR) is 19.3 cm³/mol. The van der Waals surface area contributed by atoms with E-state index in [1.807, 2.05) is 0 Å². The number of hydrogen-bond acceptors (Lipinski definition) is 1. The molecule has 0 bridgehead atoms. The second kappa shape index (κ2) is 2.55. The smallest absolute Gasteiger partial charge is 0.213 e. The van der Waals surface area contributed by atoms with E-state index in [4.69, 9.17) is 5.26 Å². The van der Waals surface area contributed by atoms with Gasteiger partial charge in [0.25, 0.3) is 7.28 Å². The van der Waals surface area contributed by atoms with E-state index < -0.39 is 0 Å². The van der Waals surface area contributed by atoms with Crippen LogP contribution in [0.1, 0.15) is 1.43 Å². The lowest BCUT2D eigenvalue weighted by Crippen LogP contribution is -1.63. The summed E-state index contributed by atoms with van der Waals surface area (Å²) in [5.41, 5.74) is 0. The average Bonchev–Trinajstić information content (AvgIpc) is 1.37. The zero-order valence-electron chi connectivity index (χ0n) is 2.52. The van der Waals surface area contributed by atoms with Crippen LogP contribution in [0, 0.1) is 11.2 Å². The van der Waals surface area contributed by atoms with Gasteiger partial charge in [-0.25, -0.2) is 5.26 Å². The van der Waals surface area contributed by atoms with Gasteiger partial charge < -0.3 is 0 Å². The molecule has 0 N–H and O–H groups in total. The first kappa shape index (κ1) is 3.55. The molecule has 0 aromatic rings. The summed E-state index contributed by atoms with van der Waals surface area (Å²) in [5.74, 6) is 1.81. The molecule has 2 heteroatoms. The molecule has 0 atom stereocenters. The van der Waals surface area contributed by atoms with Crippen molar-refractivity contribution in [3.05, 3.63) is 0 Å². The standard InChI is InChI=1S/C2H3BN.H2/c1-3-2-4;/h1H3;1H. The first-order valence-electron chi connectivity index (χ1n) is 1.09. The Morgan fingerprint density at radius 3 is 2.50 bits per heavy atom. The highest BCUT2D eigenvalue weighted by Gasteiger charge is 1.58. The van der Waals surface area contributed by atoms with Gasteiger partial charge in [-0.15, -0.1) is 0 Å². The summed E-state index contributed by atoms with van der Waals surface area (Å²) in [5, 5.41) is 7.57. The van der Waals surface area contributed by atoms with Crippen LogP contribution in [-0.4, -0.2) is 7.28 Å². The second-order valence-corrected chi connectivity index (χ2v) is 0.418. The molecule has 0 fully saturated rings. The van der Waals surface area contributed by atoms with Gasteiger partial charge in [-0.3, -0.25) is 0 Å². The minimum absolute atomic E-state index is 0. The lowest BCUT2D eigenvalue weighted by atomic mass is 9.86. The Kier molecular flexibility index (Phi) is 2.27. The maximum absolute atomic E-state index is 7.57. The SMILES string of the molecule is C[B]C#N.[HH]. The topological polar surface area (TPSA) is 23.8 Å². The van der Waals surface area contributed by atoms with Crippen molar-refractivity contribution in [2.45, 2.75) is 6.82 Å². The monoisotopic (exact) mass is 54.1 g/mol. The lowest BCUT2D eigenvalue weighted by molar-refractivity contribution is 1.56. The molecule has 0 spiro atoms. The van der Waals surface area contributed by atoms with Crippen molar-refractivity contribution in [1.29, 1.82) is 5.26 Å². The van der Waals surface area contributed by atoms with Gasteiger partial charge in [0.2, 0.25) is 0 Å². The molecule has 0 unspecified atom stereocenters. The zero-order valence-corrected chi connectivity index (χ0v) is 2.52. The zero-order chi connectivity index (χ0) is 3.41. The molecule has 1 radical (unpaired) electrons. The van der Waals surface area contributed by atoms with Crippen molar-refractivity contribution >= 4 is 7.28 Å². The summed E-state index contributed by atoms with van der Waals surface area (Å²) in [6.07, 6.45) is 0. The Labute approximate surface area is 28.0 Å². The third-order valence-electron chi connectivity index (χ3n) is 0.129. The van der Waals surface area contributed by atoms with Crippen LogP contribution in [0.5, 0.6) is 0 Å². The highest BCUT2D eigenvalue weighted by atomic mass is 14.2. The van der Waals surface area contributed by atoms with Crippen molar-refractivity contribution in [1.82, 2.24) is 0 Å². The van der Waals surface area contributed by atoms with Crippen molar-refractivity contribution in [2.75, 3.05) is 0 Å². The van der Waals surface area contributed by atoms with E-state index >= 15 is 0 Å². The van der Waals surface area contributed by atoms with Crippen LogP contribution < -0.4 is 0 Å². The van der Waals surface area contributed by atoms with E-state index in [0.717, 1.165) is 0 Å². The molecule has 0 rings (SSSR count). The quantitative estimate of drug-likeness (QED) is 0.368. The Morgan fingerprint density at radius 1 is 2.25 bits per heavy atom. The third-order valence-corrected chi connectivity index (χ3v) is 0.129. The molecule has 0 aliphatic carbocycles. The summed E-state index contributed by atoms with van der Waals surface area (Å²) in [7, 11) is 1.43. The number of nitrogens with zero attached hydrogens (tertiary/aromatic N) is 1. The fourth-order valence-electron chi connectivity index (χ4n) is 0. The fourth-order valence-corrected chi connectivity index (χ4v) is 0. The molecule has 0 saturated heterocycles. The minimum atomic E-state index is 0. The molecule has 0 aromatic heterocycles. The maximum Gasteiger partial charge on any atom is 0.251 e. The first-order chi connectivity index (χ1) is 1.91. The van der Waals surface area contributed by atoms with Crippen LogP contribution in [0.25, 0.3) is 0 Å². The van der Waals surface area contributed by atoms with Gasteiger partial charge in [0, 0.05) is 1.43 Å². The average molecular weight is 53.9 g/mol. The van der Waals surface area contributed by atoms with Crippen LogP contribution in [0.15, 0.2) is 0 Å². The van der Waals surface area contributed by atoms with Crippen LogP contribution in [0.4, 0.5) is 0 Å². The van der Waals surface area contributed by atoms with Gasteiger partial charge in [0.15, 0.2) is 0 Å². The molecule has 0 saturated carbocycles. The Bertz CT molecular complexity index is 39.4. The second-order valence-electron chi connectivity index (χ2n) is 0.418. The van der Waals surface area contributed by atoms with E-state index in [1.54, 1.807) is 12.8 Å². The van der Waals surface area contributed by atoms with E-state index in [0.29, 0.717) is 0 Å². The van der Waals surface area contributed by atoms with Crippen molar-refractivity contribution in [3.8, 4) is 5.97 Å². The number of hydrogen-bond donors (Lipinski definition) is 0. The van der Waals surface area contributed by atoms with Gasteiger partial charge in [-0.05, 0) is 5.97 Å². The molecule has 1 nitrogen and oxygen atoms in total. The van der Waals surface area contributed by atoms with Crippen molar-refractivity contribution < 1.29 is 1.43 Å². The van der Waals surface area contributed by atoms with Crippen LogP contribution >= 0.6 is 0 Å². The number of rotatable bonds is 0. The third kappa shape index (κ3) is 1.55. The normalized spacial score (nSPS) is 4.00. The summed E-state index contributed by atoms with van der Waals surface area (Å²) < 4.78 is 0. The van der Waals surface area contributed by atoms with Gasteiger partial charge in [-0.1, -0.05) is 6.82 Å². The fraction of sp³-hybridized carbons (Fsp3) is 0.500. The van der Waals surface area contributed by atoms with Gasteiger partial charge in [0.05, 0.1) is 0 Å². The summed E-state index contributed by atoms with van der Waals surface area (Å²) in [4.78, 5) is 0. The van der Waals surface area contributed by atoms with E-state index in [9.17, 15) is 0 Å². The van der Waals surface area contributed by atoms with E-state index in [1.165, 1.54) is 7.28 Å². The molecule has 0 aromatic carbocycles. The van der Waals surface area contributed by atoms with Gasteiger partial charge in [-0.2, -0.15) is 0 Å². The Morgan fingerprint density at radius 2 is 2.50 bits per heavy atom. The summed E-state index contributed by atoms with van der Waals surface area (Å²) in [6, 6.07) is 0. The maximum atomic E-state index is 7.57. The van der Waals surface area contributed by atoms with E-state index in [-0.39, 0.29) is 1.43 Å². The van der Waals surface area contributed by atoms with Crippen LogP contribution in [-0.2, 0) is 0 Å². The minimum Gasteiger partial charge on any atom is -0.213 e. The summed E-state index contributed by atoms with van der Waals surface area (Å²) in [6.45, 7) is 1.69. The van der Waals surface area contributed by atoms with Crippen molar-refractivity contribution in [2.24, 2.45) is 0 Å². The molecule has 0 heterocycles.